The summed E-state index contributed by atoms with van der Waals surface area (Å²) in [6, 6.07) is 9.83. The first-order valence-corrected chi connectivity index (χ1v) is 18.0. The molecular formula is C39H32ClF4N11O3. The second kappa shape index (κ2) is 15.7. The minimum Gasteiger partial charge on any atom is -0.478 e. The number of carbonyl (C=O) groups is 2. The van der Waals surface area contributed by atoms with Crippen LogP contribution in [0.5, 0.6) is 0 Å². The fourth-order valence-corrected chi connectivity index (χ4v) is 7.03. The molecule has 0 radical (unpaired) electrons. The van der Waals surface area contributed by atoms with Crippen LogP contribution in [0.1, 0.15) is 58.8 Å². The Bertz CT molecular complexity index is 2540. The normalized spacial score (nSPS) is 16.4. The van der Waals surface area contributed by atoms with Gasteiger partial charge in [-0.3, -0.25) is 14.8 Å². The molecule has 4 aromatic heterocycles. The van der Waals surface area contributed by atoms with Crippen LogP contribution in [-0.2, 0) is 10.8 Å². The lowest BCUT2D eigenvalue weighted by Crippen LogP contribution is -2.49. The van der Waals surface area contributed by atoms with E-state index in [9.17, 15) is 27.9 Å². The second-order valence-electron chi connectivity index (χ2n) is 14.4. The van der Waals surface area contributed by atoms with Gasteiger partial charge >= 0.3 is 5.97 Å². The topological polar surface area (TPSA) is 208 Å². The summed E-state index contributed by atoms with van der Waals surface area (Å²) in [5.41, 5.74) is 5.03. The number of pyridine rings is 2. The summed E-state index contributed by atoms with van der Waals surface area (Å²) in [6.07, 6.45) is 4.34. The van der Waals surface area contributed by atoms with Crippen LogP contribution in [0.4, 0.5) is 29.5 Å². The molecule has 1 fully saturated rings. The van der Waals surface area contributed by atoms with Gasteiger partial charge in [-0.2, -0.15) is 0 Å². The van der Waals surface area contributed by atoms with E-state index in [1.54, 1.807) is 6.07 Å². The van der Waals surface area contributed by atoms with Crippen LogP contribution in [0.25, 0.3) is 33.6 Å². The zero-order valence-corrected chi connectivity index (χ0v) is 31.4. The monoisotopic (exact) mass is 813 g/mol. The SMILES string of the molecule is CC(C)(CNc1ncc(-c2cc(C(=O)O)ccc2F)nn1)c1ncc(-c2cnc(C3(CNc4ncc(-c5cc(C(N)=O)ccc5F)nn4)CC(F)C3)c(F)c2)cc1Cl. The Morgan fingerprint density at radius 2 is 1.36 bits per heavy atom. The summed E-state index contributed by atoms with van der Waals surface area (Å²) in [5, 5.41) is 31.5. The number of rotatable bonds is 13. The number of carbonyl (C=O) groups excluding carboxylic acids is 1. The summed E-state index contributed by atoms with van der Waals surface area (Å²) >= 11 is 6.72. The Morgan fingerprint density at radius 3 is 1.90 bits per heavy atom. The average Bonchev–Trinajstić information content (AvgIpc) is 3.19. The number of aromatic carboxylic acids is 1. The fraction of sp³-hybridized carbons (Fsp3) is 0.231. The largest absolute Gasteiger partial charge is 0.478 e. The number of halogens is 5. The Labute approximate surface area is 332 Å². The van der Waals surface area contributed by atoms with Gasteiger partial charge in [-0.15, -0.1) is 20.4 Å². The summed E-state index contributed by atoms with van der Waals surface area (Å²) in [6.45, 7) is 4.03. The number of anilines is 2. The third-order valence-electron chi connectivity index (χ3n) is 9.80. The number of nitrogens with one attached hydrogen (secondary N) is 2. The third-order valence-corrected chi connectivity index (χ3v) is 10.1. The summed E-state index contributed by atoms with van der Waals surface area (Å²) < 4.78 is 59.0. The standard InChI is InChI=1S/C39H32ClF4N11O3/c1-38(2,17-50-36-48-16-31(53-54-36)25-8-20(35(57)58)4-6-28(25)43)32-26(40)9-21(13-46-32)22-10-29(44)33(47-14-22)39(11-23(41)12-39)18-51-37-49-15-30(52-55-37)24-7-19(34(45)56)3-5-27(24)42/h3-10,13-16,23H,11-12,17-18H2,1-2H3,(H2,45,56)(H,57,58)(H,48,50,54)(H,49,51,55). The molecule has 19 heteroatoms. The maximum atomic E-state index is 15.8. The number of carboxylic acid groups (broad SMARTS) is 1. The minimum atomic E-state index is -1.21. The second-order valence-corrected chi connectivity index (χ2v) is 14.8. The van der Waals surface area contributed by atoms with Crippen LogP contribution in [0, 0.1) is 17.5 Å². The van der Waals surface area contributed by atoms with E-state index in [0.29, 0.717) is 21.8 Å². The van der Waals surface area contributed by atoms with Gasteiger partial charge in [-0.25, -0.2) is 32.3 Å². The van der Waals surface area contributed by atoms with E-state index in [1.165, 1.54) is 43.0 Å². The molecule has 0 aliphatic heterocycles. The zero-order valence-electron chi connectivity index (χ0n) is 30.6. The van der Waals surface area contributed by atoms with Gasteiger partial charge in [-0.05, 0) is 61.4 Å². The molecule has 14 nitrogen and oxygen atoms in total. The van der Waals surface area contributed by atoms with Gasteiger partial charge in [0.1, 0.15) is 35.0 Å². The highest BCUT2D eigenvalue weighted by Gasteiger charge is 2.49. The molecule has 0 saturated heterocycles. The highest BCUT2D eigenvalue weighted by Crippen LogP contribution is 2.46. The van der Waals surface area contributed by atoms with Crippen molar-refractivity contribution >= 4 is 35.4 Å². The molecule has 6 aromatic rings. The number of nitrogens with zero attached hydrogens (tertiary/aromatic N) is 8. The minimum absolute atomic E-state index is 0.00441. The van der Waals surface area contributed by atoms with E-state index in [4.69, 9.17) is 17.3 Å². The van der Waals surface area contributed by atoms with Crippen LogP contribution in [0.2, 0.25) is 5.02 Å². The summed E-state index contributed by atoms with van der Waals surface area (Å²) in [7, 11) is 0. The third kappa shape index (κ3) is 8.08. The lowest BCUT2D eigenvalue weighted by atomic mass is 9.65. The predicted octanol–water partition coefficient (Wildman–Crippen LogP) is 6.59. The molecule has 58 heavy (non-hydrogen) atoms. The van der Waals surface area contributed by atoms with Crippen LogP contribution in [0.3, 0.4) is 0 Å². The van der Waals surface area contributed by atoms with E-state index >= 15 is 4.39 Å². The molecule has 2 aromatic carbocycles. The van der Waals surface area contributed by atoms with Crippen molar-refractivity contribution in [1.29, 1.82) is 0 Å². The van der Waals surface area contributed by atoms with Crippen LogP contribution >= 0.6 is 11.6 Å². The lowest BCUT2D eigenvalue weighted by Gasteiger charge is -2.43. The van der Waals surface area contributed by atoms with E-state index in [2.05, 4.69) is 51.0 Å². The Morgan fingerprint density at radius 1 is 0.793 bits per heavy atom. The molecule has 4 heterocycles. The molecule has 5 N–H and O–H groups in total. The molecule has 296 valence electrons. The quantitative estimate of drug-likeness (QED) is 0.0910. The van der Waals surface area contributed by atoms with Gasteiger partial charge in [0, 0.05) is 64.1 Å². The Kier molecular flexibility index (Phi) is 10.7. The molecule has 0 bridgehead atoms. The molecule has 7 rings (SSSR count). The number of alkyl halides is 1. The Balaban J connectivity index is 1.01. The maximum Gasteiger partial charge on any atom is 0.335 e. The number of primary amides is 1. The van der Waals surface area contributed by atoms with E-state index < -0.39 is 46.3 Å². The molecule has 1 aliphatic rings. The van der Waals surface area contributed by atoms with Gasteiger partial charge in [0.15, 0.2) is 0 Å². The van der Waals surface area contributed by atoms with Crippen LogP contribution in [-0.4, -0.2) is 76.6 Å². The van der Waals surface area contributed by atoms with Gasteiger partial charge in [0.2, 0.25) is 17.8 Å². The highest BCUT2D eigenvalue weighted by atomic mass is 35.5. The summed E-state index contributed by atoms with van der Waals surface area (Å²) in [4.78, 5) is 40.2. The van der Waals surface area contributed by atoms with Crippen molar-refractivity contribution in [1.82, 2.24) is 40.3 Å². The van der Waals surface area contributed by atoms with Gasteiger partial charge in [0.25, 0.3) is 0 Å². The van der Waals surface area contributed by atoms with Crippen molar-refractivity contribution in [2.45, 2.75) is 43.7 Å². The number of aromatic nitrogens is 8. The van der Waals surface area contributed by atoms with Crippen LogP contribution in [0.15, 0.2) is 73.3 Å². The number of nitrogens with two attached hydrogens (primary N) is 1. The zero-order chi connectivity index (χ0) is 41.4. The number of benzene rings is 2. The molecule has 0 spiro atoms. The first-order chi connectivity index (χ1) is 27.6. The molecule has 0 atom stereocenters. The van der Waals surface area contributed by atoms with Crippen molar-refractivity contribution in [3.8, 4) is 33.6 Å². The van der Waals surface area contributed by atoms with Crippen molar-refractivity contribution in [2.75, 3.05) is 23.7 Å². The van der Waals surface area contributed by atoms with Crippen molar-refractivity contribution in [2.24, 2.45) is 5.73 Å². The van der Waals surface area contributed by atoms with Crippen molar-refractivity contribution in [3.63, 3.8) is 0 Å². The number of hydrogen-bond acceptors (Lipinski definition) is 12. The fourth-order valence-electron chi connectivity index (χ4n) is 6.61. The lowest BCUT2D eigenvalue weighted by molar-refractivity contribution is 0.0696. The number of carboxylic acids is 1. The van der Waals surface area contributed by atoms with Gasteiger partial charge in [0.05, 0.1) is 34.4 Å². The molecule has 1 aliphatic carbocycles. The molecule has 0 unspecified atom stereocenters. The van der Waals surface area contributed by atoms with E-state index in [1.807, 2.05) is 13.8 Å². The van der Waals surface area contributed by atoms with Crippen LogP contribution < -0.4 is 16.4 Å². The van der Waals surface area contributed by atoms with Gasteiger partial charge < -0.3 is 21.5 Å². The first-order valence-electron chi connectivity index (χ1n) is 17.6. The predicted molar refractivity (Wildman–Crippen MR) is 204 cm³/mol. The molecule has 1 saturated carbocycles. The Hall–Kier alpha value is -6.69. The van der Waals surface area contributed by atoms with Gasteiger partial charge in [-0.1, -0.05) is 25.4 Å². The maximum absolute atomic E-state index is 15.8. The summed E-state index contributed by atoms with van der Waals surface area (Å²) in [5.74, 6) is -3.78. The highest BCUT2D eigenvalue weighted by molar-refractivity contribution is 6.31. The smallest absolute Gasteiger partial charge is 0.335 e. The number of amides is 1. The average molecular weight is 814 g/mol. The van der Waals surface area contributed by atoms with E-state index in [-0.39, 0.29) is 77.2 Å². The van der Waals surface area contributed by atoms with Crippen molar-refractivity contribution < 1.29 is 32.3 Å². The molecular weight excluding hydrogens is 782 g/mol. The number of hydrogen-bond donors (Lipinski definition) is 4. The van der Waals surface area contributed by atoms with Crippen molar-refractivity contribution in [3.05, 3.63) is 118 Å². The molecule has 1 amide bonds. The first kappa shape index (κ1) is 39.5. The van der Waals surface area contributed by atoms with E-state index in [0.717, 1.165) is 24.3 Å².